The van der Waals surface area contributed by atoms with Gasteiger partial charge in [-0.15, -0.1) is 0 Å². The fourth-order valence-corrected chi connectivity index (χ4v) is 3.47. The van der Waals surface area contributed by atoms with E-state index in [-0.39, 0.29) is 5.56 Å². The Bertz CT molecular complexity index is 1060. The van der Waals surface area contributed by atoms with Gasteiger partial charge < -0.3 is 10.2 Å². The van der Waals surface area contributed by atoms with E-state index in [1.807, 2.05) is 0 Å². The van der Waals surface area contributed by atoms with E-state index in [1.165, 1.54) is 49.2 Å². The second-order valence-corrected chi connectivity index (χ2v) is 7.76. The number of benzene rings is 2. The predicted molar refractivity (Wildman–Crippen MR) is 107 cm³/mol. The Labute approximate surface area is 181 Å². The number of imide groups is 1. The maximum absolute atomic E-state index is 13.1. The average Bonchev–Trinajstić information content (AvgIpc) is 2.96. The minimum atomic E-state index is -4.62. The van der Waals surface area contributed by atoms with Gasteiger partial charge in [-0.1, -0.05) is 24.3 Å². The molecule has 6 nitrogen and oxygen atoms in total. The summed E-state index contributed by atoms with van der Waals surface area (Å²) in [4.78, 5) is 40.1. The highest BCUT2D eigenvalue weighted by Gasteiger charge is 2.50. The topological polar surface area (TPSA) is 69.7 Å². The lowest BCUT2D eigenvalue weighted by molar-refractivity contribution is -0.139. The summed E-state index contributed by atoms with van der Waals surface area (Å²) in [5, 5.41) is 2.39. The SMILES string of the molecule is CC(c1ccc(F)cc1)N(C)C(=O)CN1C(=O)NC(C)(c2cccc(C(F)(F)F)c2)C1=O. The molecule has 2 atom stereocenters. The van der Waals surface area contributed by atoms with Crippen LogP contribution in [0.3, 0.4) is 0 Å². The van der Waals surface area contributed by atoms with Gasteiger partial charge in [-0.05, 0) is 49.2 Å². The fraction of sp³-hybridized carbons (Fsp3) is 0.318. The van der Waals surface area contributed by atoms with Gasteiger partial charge in [0.15, 0.2) is 0 Å². The molecule has 1 fully saturated rings. The highest BCUT2D eigenvalue weighted by molar-refractivity contribution is 6.09. The van der Waals surface area contributed by atoms with Crippen molar-refractivity contribution in [1.29, 1.82) is 0 Å². The molecule has 1 N–H and O–H groups in total. The Morgan fingerprint density at radius 3 is 2.38 bits per heavy atom. The molecule has 0 aliphatic carbocycles. The van der Waals surface area contributed by atoms with Gasteiger partial charge in [0.2, 0.25) is 5.91 Å². The summed E-state index contributed by atoms with van der Waals surface area (Å²) in [6.07, 6.45) is -4.62. The van der Waals surface area contributed by atoms with Crippen LogP contribution in [0, 0.1) is 5.82 Å². The number of hydrogen-bond acceptors (Lipinski definition) is 3. The minimum Gasteiger partial charge on any atom is -0.337 e. The number of urea groups is 1. The van der Waals surface area contributed by atoms with E-state index in [9.17, 15) is 31.9 Å². The number of halogens is 4. The molecule has 2 unspecified atom stereocenters. The van der Waals surface area contributed by atoms with E-state index < -0.39 is 53.5 Å². The van der Waals surface area contributed by atoms with Crippen molar-refractivity contribution in [2.45, 2.75) is 31.6 Å². The number of nitrogens with one attached hydrogen (secondary N) is 1. The van der Waals surface area contributed by atoms with Crippen LogP contribution in [0.1, 0.15) is 36.6 Å². The summed E-state index contributed by atoms with van der Waals surface area (Å²) in [6.45, 7) is 2.39. The molecule has 10 heteroatoms. The number of rotatable bonds is 5. The number of amides is 4. The number of likely N-dealkylation sites (N-methyl/N-ethyl adjacent to an activating group) is 1. The van der Waals surface area contributed by atoms with Crippen molar-refractivity contribution in [1.82, 2.24) is 15.1 Å². The number of alkyl halides is 3. The maximum Gasteiger partial charge on any atom is 0.416 e. The summed E-state index contributed by atoms with van der Waals surface area (Å²) in [5.74, 6) is -1.83. The van der Waals surface area contributed by atoms with Crippen molar-refractivity contribution >= 4 is 17.8 Å². The third-order valence-electron chi connectivity index (χ3n) is 5.66. The van der Waals surface area contributed by atoms with Crippen molar-refractivity contribution in [2.24, 2.45) is 0 Å². The van der Waals surface area contributed by atoms with Gasteiger partial charge >= 0.3 is 12.2 Å². The Morgan fingerprint density at radius 1 is 1.16 bits per heavy atom. The summed E-state index contributed by atoms with van der Waals surface area (Å²) in [6, 6.07) is 8.29. The largest absolute Gasteiger partial charge is 0.416 e. The van der Waals surface area contributed by atoms with Crippen LogP contribution >= 0.6 is 0 Å². The smallest absolute Gasteiger partial charge is 0.337 e. The molecule has 1 aliphatic heterocycles. The summed E-state index contributed by atoms with van der Waals surface area (Å²) >= 11 is 0. The standard InChI is InChI=1S/C22H21F4N3O3/c1-13(14-7-9-17(23)10-8-14)28(3)18(30)12-29-19(31)21(2,27-20(29)32)15-5-4-6-16(11-15)22(24,25)26/h4-11,13H,12H2,1-3H3,(H,27,32). The molecular formula is C22H21F4N3O3. The van der Waals surface area contributed by atoms with Crippen LogP contribution in [0.2, 0.25) is 0 Å². The summed E-state index contributed by atoms with van der Waals surface area (Å²) < 4.78 is 52.4. The molecule has 1 saturated heterocycles. The summed E-state index contributed by atoms with van der Waals surface area (Å²) in [7, 11) is 1.47. The van der Waals surface area contributed by atoms with Gasteiger partial charge in [0.1, 0.15) is 17.9 Å². The van der Waals surface area contributed by atoms with Gasteiger partial charge in [0, 0.05) is 7.05 Å². The molecule has 1 aliphatic rings. The highest BCUT2D eigenvalue weighted by Crippen LogP contribution is 2.34. The van der Waals surface area contributed by atoms with Gasteiger partial charge in [0.05, 0.1) is 11.6 Å². The average molecular weight is 451 g/mol. The first-order valence-corrected chi connectivity index (χ1v) is 9.67. The van der Waals surface area contributed by atoms with Gasteiger partial charge in [-0.2, -0.15) is 13.2 Å². The molecule has 3 rings (SSSR count). The van der Waals surface area contributed by atoms with Crippen LogP contribution in [-0.2, 0) is 21.3 Å². The summed E-state index contributed by atoms with van der Waals surface area (Å²) in [5.41, 5.74) is -2.11. The molecular weight excluding hydrogens is 430 g/mol. The lowest BCUT2D eigenvalue weighted by atomic mass is 9.90. The normalized spacial score (nSPS) is 19.7. The van der Waals surface area contributed by atoms with Crippen molar-refractivity contribution in [3.63, 3.8) is 0 Å². The van der Waals surface area contributed by atoms with Crippen LogP contribution in [0.25, 0.3) is 0 Å². The Morgan fingerprint density at radius 2 is 1.78 bits per heavy atom. The van der Waals surface area contributed by atoms with Crippen LogP contribution in [0.15, 0.2) is 48.5 Å². The Balaban J connectivity index is 1.78. The lowest BCUT2D eigenvalue weighted by Gasteiger charge is -2.27. The number of carbonyl (C=O) groups is 3. The molecule has 0 bridgehead atoms. The van der Waals surface area contributed by atoms with Crippen molar-refractivity contribution in [3.05, 3.63) is 71.0 Å². The zero-order chi connectivity index (χ0) is 23.8. The molecule has 32 heavy (non-hydrogen) atoms. The minimum absolute atomic E-state index is 0.0475. The molecule has 170 valence electrons. The van der Waals surface area contributed by atoms with Gasteiger partial charge in [-0.25, -0.2) is 9.18 Å². The molecule has 1 heterocycles. The quantitative estimate of drug-likeness (QED) is 0.555. The Hall–Kier alpha value is -3.43. The highest BCUT2D eigenvalue weighted by atomic mass is 19.4. The molecule has 0 radical (unpaired) electrons. The fourth-order valence-electron chi connectivity index (χ4n) is 3.47. The predicted octanol–water partition coefficient (Wildman–Crippen LogP) is 3.83. The molecule has 0 saturated carbocycles. The second-order valence-electron chi connectivity index (χ2n) is 7.76. The molecule has 0 spiro atoms. The van der Waals surface area contributed by atoms with E-state index in [0.717, 1.165) is 18.2 Å². The second kappa shape index (κ2) is 8.25. The van der Waals surface area contributed by atoms with E-state index in [1.54, 1.807) is 6.92 Å². The van der Waals surface area contributed by atoms with E-state index in [4.69, 9.17) is 0 Å². The van der Waals surface area contributed by atoms with E-state index in [0.29, 0.717) is 10.5 Å². The first-order chi connectivity index (χ1) is 14.8. The van der Waals surface area contributed by atoms with Crippen molar-refractivity contribution in [2.75, 3.05) is 13.6 Å². The maximum atomic E-state index is 13.1. The first-order valence-electron chi connectivity index (χ1n) is 9.67. The zero-order valence-electron chi connectivity index (χ0n) is 17.5. The first kappa shape index (κ1) is 23.2. The van der Waals surface area contributed by atoms with Crippen molar-refractivity contribution in [3.8, 4) is 0 Å². The zero-order valence-corrected chi connectivity index (χ0v) is 17.5. The monoisotopic (exact) mass is 451 g/mol. The van der Waals surface area contributed by atoms with Crippen LogP contribution < -0.4 is 5.32 Å². The third-order valence-corrected chi connectivity index (χ3v) is 5.66. The van der Waals surface area contributed by atoms with Crippen LogP contribution in [-0.4, -0.2) is 41.2 Å². The lowest BCUT2D eigenvalue weighted by Crippen LogP contribution is -2.44. The Kier molecular flexibility index (Phi) is 5.99. The van der Waals surface area contributed by atoms with Crippen LogP contribution in [0.5, 0.6) is 0 Å². The van der Waals surface area contributed by atoms with Gasteiger partial charge in [-0.3, -0.25) is 14.5 Å². The molecule has 2 aromatic rings. The van der Waals surface area contributed by atoms with Crippen LogP contribution in [0.4, 0.5) is 22.4 Å². The van der Waals surface area contributed by atoms with Gasteiger partial charge in [0.25, 0.3) is 5.91 Å². The molecule has 4 amide bonds. The third kappa shape index (κ3) is 4.30. The number of hydrogen-bond donors (Lipinski definition) is 1. The van der Waals surface area contributed by atoms with E-state index >= 15 is 0 Å². The molecule has 2 aromatic carbocycles. The van der Waals surface area contributed by atoms with Crippen molar-refractivity contribution < 1.29 is 31.9 Å². The number of carbonyl (C=O) groups excluding carboxylic acids is 3. The molecule has 0 aromatic heterocycles. The number of nitrogens with zero attached hydrogens (tertiary/aromatic N) is 2. The van der Waals surface area contributed by atoms with E-state index in [2.05, 4.69) is 5.32 Å².